The summed E-state index contributed by atoms with van der Waals surface area (Å²) in [6.45, 7) is 2.55. The van der Waals surface area contributed by atoms with Crippen molar-refractivity contribution in [3.8, 4) is 0 Å². The first-order valence-electron chi connectivity index (χ1n) is 9.40. The zero-order valence-electron chi connectivity index (χ0n) is 14.6. The molecule has 0 bridgehead atoms. The van der Waals surface area contributed by atoms with Crippen LogP contribution < -0.4 is 5.32 Å². The number of nitrogens with zero attached hydrogens (tertiary/aromatic N) is 3. The predicted octanol–water partition coefficient (Wildman–Crippen LogP) is 2.20. The average molecular weight is 346 g/mol. The number of anilines is 1. The van der Waals surface area contributed by atoms with Gasteiger partial charge in [-0.2, -0.15) is 0 Å². The van der Waals surface area contributed by atoms with Gasteiger partial charge in [0.1, 0.15) is 11.5 Å². The average Bonchev–Trinajstić information content (AvgIpc) is 3.11. The molecule has 1 aromatic heterocycles. The molecule has 0 radical (unpaired) electrons. The summed E-state index contributed by atoms with van der Waals surface area (Å²) < 4.78 is 11.4. The van der Waals surface area contributed by atoms with E-state index in [4.69, 9.17) is 9.47 Å². The van der Waals surface area contributed by atoms with Crippen LogP contribution in [0.2, 0.25) is 0 Å². The number of carbonyl (C=O) groups is 1. The summed E-state index contributed by atoms with van der Waals surface area (Å²) in [7, 11) is 0. The van der Waals surface area contributed by atoms with E-state index >= 15 is 0 Å². The third-order valence-electron chi connectivity index (χ3n) is 5.45. The molecule has 3 fully saturated rings. The van der Waals surface area contributed by atoms with Crippen molar-refractivity contribution in [2.75, 3.05) is 31.6 Å². The molecule has 1 spiro atoms. The number of likely N-dealkylation sites (tertiary alicyclic amines) is 1. The molecule has 1 amide bonds. The topological polar surface area (TPSA) is 76.6 Å². The van der Waals surface area contributed by atoms with Gasteiger partial charge in [-0.15, -0.1) is 0 Å². The van der Waals surface area contributed by atoms with Gasteiger partial charge in [0.15, 0.2) is 5.79 Å². The second-order valence-corrected chi connectivity index (χ2v) is 7.17. The Bertz CT molecular complexity index is 585. The predicted molar refractivity (Wildman–Crippen MR) is 92.3 cm³/mol. The smallest absolute Gasteiger partial charge is 0.274 e. The van der Waals surface area contributed by atoms with E-state index in [0.29, 0.717) is 50.9 Å². The zero-order chi connectivity index (χ0) is 17.1. The van der Waals surface area contributed by atoms with Crippen molar-refractivity contribution in [2.24, 2.45) is 0 Å². The maximum absolute atomic E-state index is 12.6. The molecule has 1 saturated carbocycles. The maximum Gasteiger partial charge on any atom is 0.274 e. The van der Waals surface area contributed by atoms with E-state index in [0.717, 1.165) is 5.82 Å². The summed E-state index contributed by atoms with van der Waals surface area (Å²) in [5, 5.41) is 3.43. The number of piperidine rings is 1. The molecule has 0 aromatic carbocycles. The fraction of sp³-hybridized carbons (Fsp3) is 0.722. The van der Waals surface area contributed by atoms with Crippen LogP contribution in [-0.2, 0) is 9.47 Å². The summed E-state index contributed by atoms with van der Waals surface area (Å²) >= 11 is 0. The molecule has 2 saturated heterocycles. The Labute approximate surface area is 148 Å². The number of ether oxygens (including phenoxy) is 2. The van der Waals surface area contributed by atoms with Crippen molar-refractivity contribution in [2.45, 2.75) is 56.8 Å². The summed E-state index contributed by atoms with van der Waals surface area (Å²) in [5.41, 5.74) is 0.401. The first kappa shape index (κ1) is 16.7. The van der Waals surface area contributed by atoms with Gasteiger partial charge < -0.3 is 19.7 Å². The molecule has 1 N–H and O–H groups in total. The van der Waals surface area contributed by atoms with E-state index in [9.17, 15) is 4.79 Å². The van der Waals surface area contributed by atoms with Gasteiger partial charge >= 0.3 is 0 Å². The van der Waals surface area contributed by atoms with Gasteiger partial charge in [0.2, 0.25) is 0 Å². The number of carbonyl (C=O) groups excluding carboxylic acids is 1. The normalized spacial score (nSPS) is 23.8. The Balaban J connectivity index is 1.33. The number of hydrogen-bond donors (Lipinski definition) is 1. The van der Waals surface area contributed by atoms with Crippen LogP contribution in [0.25, 0.3) is 0 Å². The minimum Gasteiger partial charge on any atom is -0.366 e. The van der Waals surface area contributed by atoms with Crippen LogP contribution in [0, 0.1) is 0 Å². The highest BCUT2D eigenvalue weighted by Crippen LogP contribution is 2.31. The van der Waals surface area contributed by atoms with Crippen LogP contribution >= 0.6 is 0 Å². The Kier molecular flexibility index (Phi) is 4.85. The lowest BCUT2D eigenvalue weighted by molar-refractivity contribution is -0.181. The molecule has 3 heterocycles. The molecular weight excluding hydrogens is 320 g/mol. The Morgan fingerprint density at radius 3 is 2.44 bits per heavy atom. The summed E-state index contributed by atoms with van der Waals surface area (Å²) in [4.78, 5) is 23.2. The molecule has 7 nitrogen and oxygen atoms in total. The molecule has 3 aliphatic rings. The van der Waals surface area contributed by atoms with Gasteiger partial charge in [0.25, 0.3) is 5.91 Å². The molecule has 4 rings (SSSR count). The molecule has 1 aromatic rings. The molecule has 1 aliphatic carbocycles. The SMILES string of the molecule is O=C(c1cnc(NC2CCCCC2)cn1)N1CCC2(CC1)OCCO2. The van der Waals surface area contributed by atoms with Gasteiger partial charge in [0.05, 0.1) is 25.6 Å². The van der Waals surface area contributed by atoms with Crippen molar-refractivity contribution < 1.29 is 14.3 Å². The van der Waals surface area contributed by atoms with E-state index < -0.39 is 5.79 Å². The third kappa shape index (κ3) is 3.77. The molecule has 0 atom stereocenters. The quantitative estimate of drug-likeness (QED) is 0.904. The van der Waals surface area contributed by atoms with E-state index in [2.05, 4.69) is 15.3 Å². The molecular formula is C18H26N4O3. The number of hydrogen-bond acceptors (Lipinski definition) is 6. The van der Waals surface area contributed by atoms with Crippen molar-refractivity contribution in [3.05, 3.63) is 18.1 Å². The molecule has 0 unspecified atom stereocenters. The lowest BCUT2D eigenvalue weighted by Crippen LogP contribution is -2.47. The third-order valence-corrected chi connectivity index (χ3v) is 5.45. The lowest BCUT2D eigenvalue weighted by Gasteiger charge is -2.37. The van der Waals surface area contributed by atoms with E-state index in [1.165, 1.54) is 32.1 Å². The van der Waals surface area contributed by atoms with Crippen LogP contribution in [0.15, 0.2) is 12.4 Å². The van der Waals surface area contributed by atoms with Gasteiger partial charge in [-0.3, -0.25) is 4.79 Å². The van der Waals surface area contributed by atoms with Gasteiger partial charge in [-0.05, 0) is 12.8 Å². The monoisotopic (exact) mass is 346 g/mol. The lowest BCUT2D eigenvalue weighted by atomic mass is 9.96. The molecule has 7 heteroatoms. The number of nitrogens with one attached hydrogen (secondary N) is 1. The Hall–Kier alpha value is -1.73. The summed E-state index contributed by atoms with van der Waals surface area (Å²) in [6.07, 6.45) is 10.9. The van der Waals surface area contributed by atoms with Crippen molar-refractivity contribution in [3.63, 3.8) is 0 Å². The van der Waals surface area contributed by atoms with Crippen molar-refractivity contribution in [1.82, 2.24) is 14.9 Å². The van der Waals surface area contributed by atoms with Crippen LogP contribution in [0.1, 0.15) is 55.4 Å². The standard InChI is InChI=1S/C18H26N4O3/c23-17(22-8-6-18(7-9-22)24-10-11-25-18)15-12-20-16(13-19-15)21-14-4-2-1-3-5-14/h12-14H,1-11H2,(H,20,21). The van der Waals surface area contributed by atoms with Crippen molar-refractivity contribution in [1.29, 1.82) is 0 Å². The highest BCUT2D eigenvalue weighted by Gasteiger charge is 2.41. The van der Waals surface area contributed by atoms with E-state index in [1.54, 1.807) is 12.4 Å². The number of rotatable bonds is 3. The van der Waals surface area contributed by atoms with Crippen LogP contribution in [0.4, 0.5) is 5.82 Å². The minimum absolute atomic E-state index is 0.0652. The highest BCUT2D eigenvalue weighted by molar-refractivity contribution is 5.92. The fourth-order valence-electron chi connectivity index (χ4n) is 3.97. The van der Waals surface area contributed by atoms with Crippen LogP contribution in [-0.4, -0.2) is 58.9 Å². The largest absolute Gasteiger partial charge is 0.366 e. The Morgan fingerprint density at radius 1 is 1.08 bits per heavy atom. The Morgan fingerprint density at radius 2 is 1.80 bits per heavy atom. The van der Waals surface area contributed by atoms with Crippen molar-refractivity contribution >= 4 is 11.7 Å². The minimum atomic E-state index is -0.462. The van der Waals surface area contributed by atoms with E-state index in [1.807, 2.05) is 4.90 Å². The zero-order valence-corrected chi connectivity index (χ0v) is 14.6. The summed E-state index contributed by atoms with van der Waals surface area (Å²) in [5.74, 6) is 0.231. The first-order chi connectivity index (χ1) is 12.2. The first-order valence-corrected chi connectivity index (χ1v) is 9.40. The van der Waals surface area contributed by atoms with Crippen LogP contribution in [0.5, 0.6) is 0 Å². The molecule has 2 aliphatic heterocycles. The summed E-state index contributed by atoms with van der Waals surface area (Å²) in [6, 6.07) is 0.481. The van der Waals surface area contributed by atoms with Gasteiger partial charge in [-0.25, -0.2) is 9.97 Å². The molecule has 25 heavy (non-hydrogen) atoms. The van der Waals surface area contributed by atoms with E-state index in [-0.39, 0.29) is 5.91 Å². The van der Waals surface area contributed by atoms with Gasteiger partial charge in [0, 0.05) is 32.0 Å². The van der Waals surface area contributed by atoms with Gasteiger partial charge in [-0.1, -0.05) is 19.3 Å². The maximum atomic E-state index is 12.6. The number of amides is 1. The second kappa shape index (κ2) is 7.25. The molecule has 136 valence electrons. The number of aromatic nitrogens is 2. The second-order valence-electron chi connectivity index (χ2n) is 7.17. The van der Waals surface area contributed by atoms with Crippen LogP contribution in [0.3, 0.4) is 0 Å². The fourth-order valence-corrected chi connectivity index (χ4v) is 3.97. The highest BCUT2D eigenvalue weighted by atomic mass is 16.7.